The molecule has 90 valence electrons. The highest BCUT2D eigenvalue weighted by molar-refractivity contribution is 6.08. The third-order valence-corrected chi connectivity index (χ3v) is 2.33. The molecule has 0 radical (unpaired) electrons. The van der Waals surface area contributed by atoms with E-state index >= 15 is 0 Å². The molecule has 0 saturated heterocycles. The van der Waals surface area contributed by atoms with E-state index < -0.39 is 5.97 Å². The van der Waals surface area contributed by atoms with Crippen molar-refractivity contribution < 1.29 is 19.4 Å². The number of ketones is 1. The van der Waals surface area contributed by atoms with Gasteiger partial charge >= 0.3 is 5.97 Å². The van der Waals surface area contributed by atoms with Crippen LogP contribution >= 0.6 is 0 Å². The number of allylic oxidation sites excluding steroid dienone is 2. The number of hydrogen-bond donors (Lipinski definition) is 1. The number of ether oxygens (including phenoxy) is 1. The molecule has 1 rings (SSSR count). The van der Waals surface area contributed by atoms with Gasteiger partial charge in [-0.05, 0) is 37.6 Å². The van der Waals surface area contributed by atoms with Gasteiger partial charge in [-0.25, -0.2) is 4.79 Å². The van der Waals surface area contributed by atoms with Crippen molar-refractivity contribution in [3.8, 4) is 5.75 Å². The Kier molecular flexibility index (Phi) is 4.04. The van der Waals surface area contributed by atoms with E-state index in [1.165, 1.54) is 25.3 Å². The summed E-state index contributed by atoms with van der Waals surface area (Å²) in [4.78, 5) is 22.7. The average Bonchev–Trinajstić information content (AvgIpc) is 2.27. The number of carboxylic acid groups (broad SMARTS) is 1. The van der Waals surface area contributed by atoms with Crippen LogP contribution in [-0.4, -0.2) is 24.0 Å². The van der Waals surface area contributed by atoms with Gasteiger partial charge in [0, 0.05) is 0 Å². The fraction of sp³-hybridized carbons (Fsp3) is 0.231. The molecule has 0 amide bonds. The highest BCUT2D eigenvalue weighted by Gasteiger charge is 2.16. The molecule has 0 saturated carbocycles. The number of methoxy groups -OCH3 is 1. The second-order valence-corrected chi connectivity index (χ2v) is 3.54. The lowest BCUT2D eigenvalue weighted by Crippen LogP contribution is -2.06. The summed E-state index contributed by atoms with van der Waals surface area (Å²) in [5, 5.41) is 8.91. The van der Waals surface area contributed by atoms with Crippen molar-refractivity contribution in [3.63, 3.8) is 0 Å². The maximum atomic E-state index is 11.8. The van der Waals surface area contributed by atoms with Gasteiger partial charge in [-0.3, -0.25) is 4.79 Å². The van der Waals surface area contributed by atoms with Crippen LogP contribution in [0.4, 0.5) is 0 Å². The average molecular weight is 234 g/mol. The SMILES string of the molecule is C/C=C\C(=O)c1c(C)cc(C(=O)O)cc1OC. The Morgan fingerprint density at radius 3 is 2.47 bits per heavy atom. The predicted molar refractivity (Wildman–Crippen MR) is 63.8 cm³/mol. The topological polar surface area (TPSA) is 63.6 Å². The number of rotatable bonds is 4. The molecule has 0 bridgehead atoms. The van der Waals surface area contributed by atoms with Crippen LogP contribution in [0.15, 0.2) is 24.3 Å². The van der Waals surface area contributed by atoms with Crippen LogP contribution in [0.2, 0.25) is 0 Å². The Morgan fingerprint density at radius 1 is 1.35 bits per heavy atom. The molecule has 0 fully saturated rings. The fourth-order valence-electron chi connectivity index (χ4n) is 1.59. The largest absolute Gasteiger partial charge is 0.496 e. The van der Waals surface area contributed by atoms with Crippen LogP contribution in [-0.2, 0) is 0 Å². The molecule has 0 aliphatic rings. The summed E-state index contributed by atoms with van der Waals surface area (Å²) >= 11 is 0. The smallest absolute Gasteiger partial charge is 0.335 e. The van der Waals surface area contributed by atoms with Crippen LogP contribution in [0.5, 0.6) is 5.75 Å². The molecule has 0 spiro atoms. The van der Waals surface area contributed by atoms with E-state index in [1.54, 1.807) is 19.9 Å². The molecule has 17 heavy (non-hydrogen) atoms. The third-order valence-electron chi connectivity index (χ3n) is 2.33. The Hall–Kier alpha value is -2.10. The summed E-state index contributed by atoms with van der Waals surface area (Å²) < 4.78 is 5.07. The highest BCUT2D eigenvalue weighted by Crippen LogP contribution is 2.25. The first-order valence-electron chi connectivity index (χ1n) is 5.10. The van der Waals surface area contributed by atoms with Gasteiger partial charge in [0.25, 0.3) is 0 Å². The number of carboxylic acids is 1. The van der Waals surface area contributed by atoms with Gasteiger partial charge < -0.3 is 9.84 Å². The molecule has 1 aromatic carbocycles. The van der Waals surface area contributed by atoms with Gasteiger partial charge in [0.1, 0.15) is 5.75 Å². The maximum absolute atomic E-state index is 11.8. The molecule has 0 aliphatic heterocycles. The third kappa shape index (κ3) is 2.72. The van der Waals surface area contributed by atoms with E-state index in [0.29, 0.717) is 11.1 Å². The zero-order valence-electron chi connectivity index (χ0n) is 9.98. The van der Waals surface area contributed by atoms with Gasteiger partial charge in [0.15, 0.2) is 5.78 Å². The van der Waals surface area contributed by atoms with Crippen molar-refractivity contribution in [2.45, 2.75) is 13.8 Å². The van der Waals surface area contributed by atoms with Gasteiger partial charge in [-0.2, -0.15) is 0 Å². The Bertz CT molecular complexity index is 486. The van der Waals surface area contributed by atoms with Crippen molar-refractivity contribution >= 4 is 11.8 Å². The molecule has 0 unspecified atom stereocenters. The quantitative estimate of drug-likeness (QED) is 0.642. The Balaban J connectivity index is 3.40. The van der Waals surface area contributed by atoms with Crippen molar-refractivity contribution in [3.05, 3.63) is 41.0 Å². The van der Waals surface area contributed by atoms with E-state index in [9.17, 15) is 9.59 Å². The lowest BCUT2D eigenvalue weighted by atomic mass is 10.00. The molecule has 0 aliphatic carbocycles. The second kappa shape index (κ2) is 5.30. The zero-order valence-corrected chi connectivity index (χ0v) is 9.98. The number of aromatic carboxylic acids is 1. The van der Waals surface area contributed by atoms with E-state index in [2.05, 4.69) is 0 Å². The first kappa shape index (κ1) is 13.0. The number of carbonyl (C=O) groups is 2. The van der Waals surface area contributed by atoms with Crippen molar-refractivity contribution in [2.75, 3.05) is 7.11 Å². The summed E-state index contributed by atoms with van der Waals surface area (Å²) in [6, 6.07) is 2.81. The van der Waals surface area contributed by atoms with Gasteiger partial charge in [0.05, 0.1) is 18.2 Å². The van der Waals surface area contributed by atoms with E-state index in [1.807, 2.05) is 0 Å². The molecule has 0 atom stereocenters. The van der Waals surface area contributed by atoms with Crippen molar-refractivity contribution in [1.82, 2.24) is 0 Å². The molecule has 1 N–H and O–H groups in total. The Morgan fingerprint density at radius 2 is 2.00 bits per heavy atom. The molecule has 0 aromatic heterocycles. The van der Waals surface area contributed by atoms with Crippen LogP contribution in [0, 0.1) is 6.92 Å². The first-order chi connectivity index (χ1) is 8.01. The standard InChI is InChI=1S/C13H14O4/c1-4-5-10(14)12-8(2)6-9(13(15)16)7-11(12)17-3/h4-7H,1-3H3,(H,15,16)/b5-4-. The molecular formula is C13H14O4. The zero-order chi connectivity index (χ0) is 13.0. The molecular weight excluding hydrogens is 220 g/mol. The van der Waals surface area contributed by atoms with Crippen LogP contribution in [0.3, 0.4) is 0 Å². The molecule has 1 aromatic rings. The summed E-state index contributed by atoms with van der Waals surface area (Å²) in [6.07, 6.45) is 3.05. The van der Waals surface area contributed by atoms with Crippen molar-refractivity contribution in [2.24, 2.45) is 0 Å². The predicted octanol–water partition coefficient (Wildman–Crippen LogP) is 2.46. The molecule has 4 nitrogen and oxygen atoms in total. The summed E-state index contributed by atoms with van der Waals surface area (Å²) in [7, 11) is 1.41. The van der Waals surface area contributed by atoms with Crippen LogP contribution < -0.4 is 4.74 Å². The van der Waals surface area contributed by atoms with Crippen molar-refractivity contribution in [1.29, 1.82) is 0 Å². The Labute approximate surface area is 99.5 Å². The van der Waals surface area contributed by atoms with Gasteiger partial charge in [-0.1, -0.05) is 6.08 Å². The summed E-state index contributed by atoms with van der Waals surface area (Å²) in [5.74, 6) is -0.958. The van der Waals surface area contributed by atoms with Gasteiger partial charge in [-0.15, -0.1) is 0 Å². The molecule has 0 heterocycles. The maximum Gasteiger partial charge on any atom is 0.335 e. The van der Waals surface area contributed by atoms with Crippen LogP contribution in [0.1, 0.15) is 33.2 Å². The number of benzene rings is 1. The van der Waals surface area contributed by atoms with E-state index in [-0.39, 0.29) is 17.1 Å². The normalized spacial score (nSPS) is 10.5. The van der Waals surface area contributed by atoms with E-state index in [0.717, 1.165) is 0 Å². The fourth-order valence-corrected chi connectivity index (χ4v) is 1.59. The first-order valence-corrected chi connectivity index (χ1v) is 5.10. The van der Waals surface area contributed by atoms with Gasteiger partial charge in [0.2, 0.25) is 0 Å². The second-order valence-electron chi connectivity index (χ2n) is 3.54. The number of carbonyl (C=O) groups excluding carboxylic acids is 1. The minimum absolute atomic E-state index is 0.108. The van der Waals surface area contributed by atoms with E-state index in [4.69, 9.17) is 9.84 Å². The lowest BCUT2D eigenvalue weighted by Gasteiger charge is -2.10. The van der Waals surface area contributed by atoms with Crippen LogP contribution in [0.25, 0.3) is 0 Å². The summed E-state index contributed by atoms with van der Waals surface area (Å²) in [6.45, 7) is 3.43. The number of aryl methyl sites for hydroxylation is 1. The lowest BCUT2D eigenvalue weighted by molar-refractivity contribution is 0.0696. The summed E-state index contributed by atoms with van der Waals surface area (Å²) in [5.41, 5.74) is 1.09. The minimum atomic E-state index is -1.04. The number of hydrogen-bond acceptors (Lipinski definition) is 3. The highest BCUT2D eigenvalue weighted by atomic mass is 16.5. The minimum Gasteiger partial charge on any atom is -0.496 e. The monoisotopic (exact) mass is 234 g/mol. The molecule has 4 heteroatoms.